The number of nitrogens with zero attached hydrogens (tertiary/aromatic N) is 1. The smallest absolute Gasteiger partial charge is 0.352 e. The summed E-state index contributed by atoms with van der Waals surface area (Å²) in [6.07, 6.45) is 3.61. The first kappa shape index (κ1) is 16.9. The molecule has 2 aromatic carbocycles. The average molecular weight is 348 g/mol. The third-order valence-corrected chi connectivity index (χ3v) is 5.42. The molecule has 0 amide bonds. The number of carbonyl (C=O) groups is 1. The van der Waals surface area contributed by atoms with E-state index < -0.39 is 5.97 Å². The van der Waals surface area contributed by atoms with Crippen LogP contribution in [0.3, 0.4) is 0 Å². The van der Waals surface area contributed by atoms with Gasteiger partial charge in [0.25, 0.3) is 0 Å². The van der Waals surface area contributed by atoms with Crippen molar-refractivity contribution in [2.45, 2.75) is 44.8 Å². The van der Waals surface area contributed by atoms with E-state index in [9.17, 15) is 9.90 Å². The molecule has 0 spiro atoms. The predicted molar refractivity (Wildman–Crippen MR) is 104 cm³/mol. The molecular weight excluding hydrogens is 324 g/mol. The monoisotopic (exact) mass is 348 g/mol. The van der Waals surface area contributed by atoms with Gasteiger partial charge in [0.15, 0.2) is 0 Å². The Balaban J connectivity index is 1.84. The number of aromatic nitrogens is 1. The highest BCUT2D eigenvalue weighted by atomic mass is 16.4. The molecule has 1 saturated carbocycles. The molecule has 0 radical (unpaired) electrons. The molecule has 1 aliphatic rings. The van der Waals surface area contributed by atoms with Crippen molar-refractivity contribution in [3.63, 3.8) is 0 Å². The Morgan fingerprint density at radius 3 is 2.50 bits per heavy atom. The van der Waals surface area contributed by atoms with Crippen molar-refractivity contribution in [1.82, 2.24) is 9.88 Å². The topological polar surface area (TPSA) is 54.3 Å². The van der Waals surface area contributed by atoms with Crippen LogP contribution in [0.2, 0.25) is 0 Å². The van der Waals surface area contributed by atoms with Crippen LogP contribution in [0.25, 0.3) is 10.9 Å². The second kappa shape index (κ2) is 6.96. The lowest BCUT2D eigenvalue weighted by molar-refractivity contribution is 0.0684. The minimum absolute atomic E-state index is 0.00771. The minimum atomic E-state index is -0.866. The second-order valence-electron chi connectivity index (χ2n) is 7.17. The van der Waals surface area contributed by atoms with Gasteiger partial charge in [0.05, 0.1) is 0 Å². The summed E-state index contributed by atoms with van der Waals surface area (Å²) in [5, 5.41) is 14.7. The van der Waals surface area contributed by atoms with Crippen LogP contribution < -0.4 is 5.32 Å². The van der Waals surface area contributed by atoms with E-state index in [2.05, 4.69) is 12.2 Å². The summed E-state index contributed by atoms with van der Waals surface area (Å²) in [5.41, 5.74) is 3.37. The molecule has 1 unspecified atom stereocenters. The summed E-state index contributed by atoms with van der Waals surface area (Å²) in [6, 6.07) is 18.6. The quantitative estimate of drug-likeness (QED) is 0.685. The molecule has 3 aromatic rings. The molecule has 0 bridgehead atoms. The van der Waals surface area contributed by atoms with Gasteiger partial charge in [-0.05, 0) is 31.4 Å². The lowest BCUT2D eigenvalue weighted by atomic mass is 9.91. The molecule has 1 fully saturated rings. The molecule has 1 aromatic heterocycles. The number of fused-ring (bicyclic) bond motifs is 1. The minimum Gasteiger partial charge on any atom is -0.477 e. The standard InChI is InChI=1S/C22H24N2O2/c1-15(23-17-10-7-11-17)20-18-12-5-6-13-19(18)24(21(20)22(25)26)14-16-8-3-2-4-9-16/h2-6,8-9,12-13,15,17,23H,7,10-11,14H2,1H3,(H,25,26). The highest BCUT2D eigenvalue weighted by Crippen LogP contribution is 2.33. The third-order valence-electron chi connectivity index (χ3n) is 5.42. The summed E-state index contributed by atoms with van der Waals surface area (Å²) in [6.45, 7) is 2.64. The van der Waals surface area contributed by atoms with Crippen LogP contribution in [0.1, 0.15) is 53.8 Å². The van der Waals surface area contributed by atoms with E-state index in [4.69, 9.17) is 0 Å². The average Bonchev–Trinajstić information content (AvgIpc) is 2.94. The Hall–Kier alpha value is -2.59. The fourth-order valence-corrected chi connectivity index (χ4v) is 3.94. The Bertz CT molecular complexity index is 926. The number of aromatic carboxylic acids is 1. The molecule has 4 heteroatoms. The first-order valence-electron chi connectivity index (χ1n) is 9.29. The van der Waals surface area contributed by atoms with E-state index in [1.54, 1.807) is 0 Å². The Kier molecular flexibility index (Phi) is 4.51. The summed E-state index contributed by atoms with van der Waals surface area (Å²) < 4.78 is 1.95. The largest absolute Gasteiger partial charge is 0.477 e. The number of hydrogen-bond acceptors (Lipinski definition) is 2. The van der Waals surface area contributed by atoms with Gasteiger partial charge in [-0.3, -0.25) is 0 Å². The lowest BCUT2D eigenvalue weighted by Gasteiger charge is -2.30. The zero-order valence-corrected chi connectivity index (χ0v) is 15.0. The third kappa shape index (κ3) is 3.01. The van der Waals surface area contributed by atoms with Gasteiger partial charge >= 0.3 is 5.97 Å². The molecule has 4 rings (SSSR count). The SMILES string of the molecule is CC(NC1CCC1)c1c(C(=O)O)n(Cc2ccccc2)c2ccccc12. The van der Waals surface area contributed by atoms with Crippen molar-refractivity contribution in [2.24, 2.45) is 0 Å². The number of para-hydroxylation sites is 1. The number of nitrogens with one attached hydrogen (secondary N) is 1. The van der Waals surface area contributed by atoms with E-state index in [1.165, 1.54) is 19.3 Å². The van der Waals surface area contributed by atoms with Crippen LogP contribution in [0.5, 0.6) is 0 Å². The van der Waals surface area contributed by atoms with Crippen LogP contribution >= 0.6 is 0 Å². The summed E-state index contributed by atoms with van der Waals surface area (Å²) in [5.74, 6) is -0.866. The second-order valence-corrected chi connectivity index (χ2v) is 7.17. The van der Waals surface area contributed by atoms with Gasteiger partial charge < -0.3 is 15.0 Å². The van der Waals surface area contributed by atoms with Crippen molar-refractivity contribution < 1.29 is 9.90 Å². The maximum Gasteiger partial charge on any atom is 0.352 e. The van der Waals surface area contributed by atoms with E-state index >= 15 is 0 Å². The number of rotatable bonds is 6. The first-order chi connectivity index (χ1) is 12.6. The van der Waals surface area contributed by atoms with E-state index in [1.807, 2.05) is 59.2 Å². The van der Waals surface area contributed by atoms with Gasteiger partial charge in [0.2, 0.25) is 0 Å². The van der Waals surface area contributed by atoms with Gasteiger partial charge in [-0.25, -0.2) is 4.79 Å². The van der Waals surface area contributed by atoms with Gasteiger partial charge in [-0.2, -0.15) is 0 Å². The lowest BCUT2D eigenvalue weighted by Crippen LogP contribution is -2.37. The van der Waals surface area contributed by atoms with Crippen molar-refractivity contribution in [2.75, 3.05) is 0 Å². The van der Waals surface area contributed by atoms with Gasteiger partial charge in [0, 0.05) is 35.1 Å². The molecule has 4 nitrogen and oxygen atoms in total. The zero-order chi connectivity index (χ0) is 18.1. The Morgan fingerprint density at radius 1 is 1.15 bits per heavy atom. The number of carboxylic acid groups (broad SMARTS) is 1. The summed E-state index contributed by atoms with van der Waals surface area (Å²) in [7, 11) is 0. The molecule has 0 saturated heterocycles. The summed E-state index contributed by atoms with van der Waals surface area (Å²) in [4.78, 5) is 12.2. The van der Waals surface area contributed by atoms with E-state index in [-0.39, 0.29) is 6.04 Å². The molecule has 0 aliphatic heterocycles. The van der Waals surface area contributed by atoms with Crippen LogP contribution in [0.4, 0.5) is 0 Å². The molecule has 1 aliphatic carbocycles. The van der Waals surface area contributed by atoms with Gasteiger partial charge in [0.1, 0.15) is 5.69 Å². The maximum atomic E-state index is 12.2. The molecule has 1 atom stereocenters. The normalized spacial score (nSPS) is 15.7. The first-order valence-corrected chi connectivity index (χ1v) is 9.29. The Labute approximate surface area is 153 Å². The number of carboxylic acids is 1. The highest BCUT2D eigenvalue weighted by Gasteiger charge is 2.28. The van der Waals surface area contributed by atoms with Crippen LogP contribution in [0.15, 0.2) is 54.6 Å². The van der Waals surface area contributed by atoms with E-state index in [0.717, 1.165) is 22.0 Å². The molecule has 1 heterocycles. The van der Waals surface area contributed by atoms with Crippen molar-refractivity contribution in [3.8, 4) is 0 Å². The highest BCUT2D eigenvalue weighted by molar-refractivity contribution is 5.98. The van der Waals surface area contributed by atoms with Crippen LogP contribution in [0, 0.1) is 0 Å². The van der Waals surface area contributed by atoms with Gasteiger partial charge in [-0.1, -0.05) is 55.0 Å². The zero-order valence-electron chi connectivity index (χ0n) is 15.0. The number of hydrogen-bond donors (Lipinski definition) is 2. The van der Waals surface area contributed by atoms with Crippen molar-refractivity contribution in [3.05, 3.63) is 71.4 Å². The van der Waals surface area contributed by atoms with Gasteiger partial charge in [-0.15, -0.1) is 0 Å². The van der Waals surface area contributed by atoms with Crippen LogP contribution in [-0.4, -0.2) is 21.7 Å². The Morgan fingerprint density at radius 2 is 1.85 bits per heavy atom. The fourth-order valence-electron chi connectivity index (χ4n) is 3.94. The maximum absolute atomic E-state index is 12.2. The molecular formula is C22H24N2O2. The summed E-state index contributed by atoms with van der Waals surface area (Å²) >= 11 is 0. The van der Waals surface area contributed by atoms with Crippen molar-refractivity contribution in [1.29, 1.82) is 0 Å². The fraction of sp³-hybridized carbons (Fsp3) is 0.318. The van der Waals surface area contributed by atoms with E-state index in [0.29, 0.717) is 18.3 Å². The predicted octanol–water partition coefficient (Wildman–Crippen LogP) is 4.59. The molecule has 134 valence electrons. The number of benzene rings is 2. The van der Waals surface area contributed by atoms with Crippen LogP contribution in [-0.2, 0) is 6.54 Å². The molecule has 2 N–H and O–H groups in total. The van der Waals surface area contributed by atoms with Crippen molar-refractivity contribution >= 4 is 16.9 Å². The molecule has 26 heavy (non-hydrogen) atoms.